The first-order valence-corrected chi connectivity index (χ1v) is 12.3. The summed E-state index contributed by atoms with van der Waals surface area (Å²) in [6.07, 6.45) is 6.05. The first kappa shape index (κ1) is 22.6. The molecule has 0 radical (unpaired) electrons. The van der Waals surface area contributed by atoms with Crippen LogP contribution in [0.1, 0.15) is 37.8 Å². The molecule has 4 rings (SSSR count). The predicted octanol–water partition coefficient (Wildman–Crippen LogP) is 3.93. The van der Waals surface area contributed by atoms with Gasteiger partial charge in [-0.2, -0.15) is 0 Å². The molecule has 170 valence electrons. The van der Waals surface area contributed by atoms with E-state index in [4.69, 9.17) is 4.74 Å². The summed E-state index contributed by atoms with van der Waals surface area (Å²) in [5.41, 5.74) is 3.20. The van der Waals surface area contributed by atoms with Gasteiger partial charge in [-0.05, 0) is 61.6 Å². The third kappa shape index (κ3) is 4.93. The lowest BCUT2D eigenvalue weighted by atomic mass is 9.80. The molecule has 2 aromatic rings. The van der Waals surface area contributed by atoms with Crippen LogP contribution in [0.3, 0.4) is 0 Å². The number of benzene rings is 1. The SMILES string of the molecule is CCOC(=O)C1(CSc2ccc3c(c2)CN(C(C)=O)CC3)CCN(c2ccncc2)CC1. The molecule has 1 aromatic heterocycles. The minimum absolute atomic E-state index is 0.0809. The van der Waals surface area contributed by atoms with Crippen LogP contribution in [-0.4, -0.2) is 53.8 Å². The molecule has 0 aliphatic carbocycles. The quantitative estimate of drug-likeness (QED) is 0.488. The summed E-state index contributed by atoms with van der Waals surface area (Å²) in [5.74, 6) is 0.740. The fraction of sp³-hybridized carbons (Fsp3) is 0.480. The van der Waals surface area contributed by atoms with E-state index in [0.717, 1.165) is 49.5 Å². The zero-order valence-corrected chi connectivity index (χ0v) is 19.7. The van der Waals surface area contributed by atoms with Gasteiger partial charge >= 0.3 is 5.97 Å². The van der Waals surface area contributed by atoms with Crippen LogP contribution in [-0.2, 0) is 27.3 Å². The molecule has 1 aromatic carbocycles. The molecule has 0 bridgehead atoms. The fourth-order valence-electron chi connectivity index (χ4n) is 4.55. The largest absolute Gasteiger partial charge is 0.466 e. The zero-order chi connectivity index (χ0) is 22.6. The Hall–Kier alpha value is -2.54. The number of fused-ring (bicyclic) bond motifs is 1. The molecule has 3 heterocycles. The molecule has 7 heteroatoms. The summed E-state index contributed by atoms with van der Waals surface area (Å²) >= 11 is 1.73. The summed E-state index contributed by atoms with van der Waals surface area (Å²) in [4.78, 5) is 34.3. The second-order valence-electron chi connectivity index (χ2n) is 8.60. The van der Waals surface area contributed by atoms with Crippen molar-refractivity contribution in [3.8, 4) is 0 Å². The Labute approximate surface area is 194 Å². The molecular formula is C25H31N3O3S. The molecule has 32 heavy (non-hydrogen) atoms. The monoisotopic (exact) mass is 453 g/mol. The number of ether oxygens (including phenoxy) is 1. The van der Waals surface area contributed by atoms with E-state index < -0.39 is 5.41 Å². The van der Waals surface area contributed by atoms with Gasteiger partial charge in [0, 0.05) is 61.8 Å². The van der Waals surface area contributed by atoms with E-state index in [2.05, 4.69) is 28.1 Å². The second kappa shape index (κ2) is 9.94. The number of nitrogens with zero attached hydrogens (tertiary/aromatic N) is 3. The summed E-state index contributed by atoms with van der Waals surface area (Å²) in [5, 5.41) is 0. The van der Waals surface area contributed by atoms with E-state index in [1.54, 1.807) is 18.7 Å². The van der Waals surface area contributed by atoms with Gasteiger partial charge in [0.2, 0.25) is 5.91 Å². The number of carbonyl (C=O) groups excluding carboxylic acids is 2. The van der Waals surface area contributed by atoms with Gasteiger partial charge in [0.1, 0.15) is 0 Å². The van der Waals surface area contributed by atoms with Crippen molar-refractivity contribution in [2.75, 3.05) is 36.9 Å². The number of thioether (sulfide) groups is 1. The van der Waals surface area contributed by atoms with E-state index in [9.17, 15) is 9.59 Å². The Morgan fingerprint density at radius 1 is 1.09 bits per heavy atom. The van der Waals surface area contributed by atoms with Gasteiger partial charge in [-0.3, -0.25) is 14.6 Å². The highest BCUT2D eigenvalue weighted by Gasteiger charge is 2.43. The predicted molar refractivity (Wildman–Crippen MR) is 127 cm³/mol. The second-order valence-corrected chi connectivity index (χ2v) is 9.65. The van der Waals surface area contributed by atoms with Gasteiger partial charge in [0.05, 0.1) is 12.0 Å². The van der Waals surface area contributed by atoms with Crippen molar-refractivity contribution in [2.24, 2.45) is 5.41 Å². The van der Waals surface area contributed by atoms with Gasteiger partial charge in [-0.25, -0.2) is 0 Å². The van der Waals surface area contributed by atoms with Crippen molar-refractivity contribution in [1.82, 2.24) is 9.88 Å². The summed E-state index contributed by atoms with van der Waals surface area (Å²) in [6.45, 7) is 7.00. The molecule has 0 saturated carbocycles. The fourth-order valence-corrected chi connectivity index (χ4v) is 5.79. The van der Waals surface area contributed by atoms with Gasteiger partial charge in [-0.15, -0.1) is 11.8 Å². The van der Waals surface area contributed by atoms with Gasteiger partial charge in [0.25, 0.3) is 0 Å². The molecule has 0 atom stereocenters. The lowest BCUT2D eigenvalue weighted by molar-refractivity contribution is -0.155. The number of carbonyl (C=O) groups is 2. The maximum Gasteiger partial charge on any atom is 0.313 e. The molecule has 1 saturated heterocycles. The number of anilines is 1. The van der Waals surface area contributed by atoms with Gasteiger partial charge < -0.3 is 14.5 Å². The Bertz CT molecular complexity index is 958. The maximum absolute atomic E-state index is 13.0. The van der Waals surface area contributed by atoms with Gasteiger partial charge in [0.15, 0.2) is 0 Å². The van der Waals surface area contributed by atoms with Gasteiger partial charge in [-0.1, -0.05) is 6.07 Å². The lowest BCUT2D eigenvalue weighted by Crippen LogP contribution is -2.46. The number of pyridine rings is 1. The standard InChI is InChI=1S/C25H31N3O3S/c1-3-31-24(30)25(9-14-27(15-10-25)22-6-11-26-12-7-22)18-32-23-5-4-20-8-13-28(19(2)29)17-21(20)16-23/h4-7,11-12,16H,3,8-10,13-15,17-18H2,1-2H3. The first-order valence-electron chi connectivity index (χ1n) is 11.3. The highest BCUT2D eigenvalue weighted by molar-refractivity contribution is 7.99. The zero-order valence-electron chi connectivity index (χ0n) is 18.9. The van der Waals surface area contributed by atoms with Crippen LogP contribution in [0.4, 0.5) is 5.69 Å². The smallest absolute Gasteiger partial charge is 0.313 e. The van der Waals surface area contributed by atoms with Crippen LogP contribution < -0.4 is 4.90 Å². The molecule has 0 N–H and O–H groups in total. The van der Waals surface area contributed by atoms with Crippen molar-refractivity contribution < 1.29 is 14.3 Å². The number of piperidine rings is 1. The van der Waals surface area contributed by atoms with Crippen molar-refractivity contribution in [1.29, 1.82) is 0 Å². The number of aromatic nitrogens is 1. The Balaban J connectivity index is 1.46. The average molecular weight is 454 g/mol. The number of amides is 1. The lowest BCUT2D eigenvalue weighted by Gasteiger charge is -2.40. The van der Waals surface area contributed by atoms with E-state index in [-0.39, 0.29) is 11.9 Å². The normalized spacial score (nSPS) is 17.6. The molecule has 6 nitrogen and oxygen atoms in total. The molecular weight excluding hydrogens is 422 g/mol. The van der Waals surface area contributed by atoms with Crippen molar-refractivity contribution in [3.05, 3.63) is 53.9 Å². The Kier molecular flexibility index (Phi) is 7.04. The van der Waals surface area contributed by atoms with Crippen LogP contribution >= 0.6 is 11.8 Å². The highest BCUT2D eigenvalue weighted by Crippen LogP contribution is 2.40. The van der Waals surface area contributed by atoms with Crippen LogP contribution in [0, 0.1) is 5.41 Å². The van der Waals surface area contributed by atoms with Crippen molar-refractivity contribution in [2.45, 2.75) is 44.6 Å². The third-order valence-electron chi connectivity index (χ3n) is 6.61. The number of rotatable bonds is 6. The average Bonchev–Trinajstić information content (AvgIpc) is 2.83. The molecule has 1 amide bonds. The molecule has 2 aliphatic heterocycles. The minimum Gasteiger partial charge on any atom is -0.466 e. The minimum atomic E-state index is -0.481. The first-order chi connectivity index (χ1) is 15.5. The van der Waals surface area contributed by atoms with E-state index >= 15 is 0 Å². The summed E-state index contributed by atoms with van der Waals surface area (Å²) in [6, 6.07) is 10.6. The topological polar surface area (TPSA) is 62.7 Å². The molecule has 2 aliphatic rings. The van der Waals surface area contributed by atoms with Crippen LogP contribution in [0.15, 0.2) is 47.6 Å². The van der Waals surface area contributed by atoms with Crippen LogP contribution in [0.2, 0.25) is 0 Å². The van der Waals surface area contributed by atoms with E-state index in [0.29, 0.717) is 18.9 Å². The maximum atomic E-state index is 13.0. The summed E-state index contributed by atoms with van der Waals surface area (Å²) < 4.78 is 5.52. The number of hydrogen-bond donors (Lipinski definition) is 0. The van der Waals surface area contributed by atoms with Crippen molar-refractivity contribution in [3.63, 3.8) is 0 Å². The Morgan fingerprint density at radius 3 is 2.53 bits per heavy atom. The molecule has 0 unspecified atom stereocenters. The van der Waals surface area contributed by atoms with E-state index in [1.165, 1.54) is 11.1 Å². The van der Waals surface area contributed by atoms with Crippen LogP contribution in [0.5, 0.6) is 0 Å². The van der Waals surface area contributed by atoms with Crippen LogP contribution in [0.25, 0.3) is 0 Å². The third-order valence-corrected chi connectivity index (χ3v) is 7.89. The highest BCUT2D eigenvalue weighted by atomic mass is 32.2. The number of hydrogen-bond acceptors (Lipinski definition) is 6. The molecule has 0 spiro atoms. The molecule has 1 fully saturated rings. The summed E-state index contributed by atoms with van der Waals surface area (Å²) in [7, 11) is 0. The Morgan fingerprint density at radius 2 is 1.84 bits per heavy atom. The van der Waals surface area contributed by atoms with Crippen molar-refractivity contribution >= 4 is 29.3 Å². The number of esters is 1. The van der Waals surface area contributed by atoms with E-state index in [1.807, 2.05) is 36.4 Å².